The summed E-state index contributed by atoms with van der Waals surface area (Å²) < 4.78 is 0. The second-order valence-electron chi connectivity index (χ2n) is 5.63. The first-order valence-corrected chi connectivity index (χ1v) is 6.83. The van der Waals surface area contributed by atoms with E-state index in [4.69, 9.17) is 0 Å². The Bertz CT molecular complexity index is 220. The summed E-state index contributed by atoms with van der Waals surface area (Å²) in [4.78, 5) is 5.24. The highest BCUT2D eigenvalue weighted by molar-refractivity contribution is 4.89. The molecular formula is C13H26N2O. The maximum Gasteiger partial charge on any atom is 0.0524 e. The van der Waals surface area contributed by atoms with Crippen LogP contribution in [0.4, 0.5) is 0 Å². The molecule has 1 N–H and O–H groups in total. The SMILES string of the molecule is CC(O)CCN1CC2CCCCN2CC1C. The van der Waals surface area contributed by atoms with Gasteiger partial charge < -0.3 is 5.11 Å². The van der Waals surface area contributed by atoms with E-state index in [-0.39, 0.29) is 6.10 Å². The fourth-order valence-electron chi connectivity index (χ4n) is 3.08. The average molecular weight is 226 g/mol. The maximum atomic E-state index is 9.36. The summed E-state index contributed by atoms with van der Waals surface area (Å²) in [5, 5.41) is 9.36. The number of hydrogen-bond acceptors (Lipinski definition) is 3. The highest BCUT2D eigenvalue weighted by atomic mass is 16.3. The van der Waals surface area contributed by atoms with Crippen molar-refractivity contribution < 1.29 is 5.11 Å². The molecule has 2 saturated heterocycles. The van der Waals surface area contributed by atoms with Crippen LogP contribution in [-0.2, 0) is 0 Å². The van der Waals surface area contributed by atoms with E-state index < -0.39 is 0 Å². The predicted octanol–water partition coefficient (Wildman–Crippen LogP) is 1.32. The summed E-state index contributed by atoms with van der Waals surface area (Å²) in [7, 11) is 0. The van der Waals surface area contributed by atoms with E-state index >= 15 is 0 Å². The van der Waals surface area contributed by atoms with Crippen molar-refractivity contribution in [2.24, 2.45) is 0 Å². The first-order chi connectivity index (χ1) is 7.66. The second kappa shape index (κ2) is 5.48. The third-order valence-corrected chi connectivity index (χ3v) is 4.15. The van der Waals surface area contributed by atoms with E-state index in [9.17, 15) is 5.11 Å². The van der Waals surface area contributed by atoms with E-state index in [2.05, 4.69) is 16.7 Å². The summed E-state index contributed by atoms with van der Waals surface area (Å²) in [5.41, 5.74) is 0. The maximum absolute atomic E-state index is 9.36. The number of hydrogen-bond donors (Lipinski definition) is 1. The van der Waals surface area contributed by atoms with Crippen molar-refractivity contribution in [2.45, 2.75) is 57.7 Å². The Hall–Kier alpha value is -0.120. The van der Waals surface area contributed by atoms with Gasteiger partial charge in [-0.1, -0.05) is 6.42 Å². The van der Waals surface area contributed by atoms with Crippen LogP contribution in [0.5, 0.6) is 0 Å². The van der Waals surface area contributed by atoms with Crippen LogP contribution in [0.2, 0.25) is 0 Å². The van der Waals surface area contributed by atoms with Crippen LogP contribution < -0.4 is 0 Å². The van der Waals surface area contributed by atoms with E-state index in [0.29, 0.717) is 6.04 Å². The number of aliphatic hydroxyl groups is 1. The Balaban J connectivity index is 1.85. The average Bonchev–Trinajstić information content (AvgIpc) is 2.26. The molecule has 0 spiro atoms. The van der Waals surface area contributed by atoms with Gasteiger partial charge in [0.15, 0.2) is 0 Å². The molecule has 16 heavy (non-hydrogen) atoms. The molecule has 2 fully saturated rings. The Morgan fingerprint density at radius 2 is 2.12 bits per heavy atom. The second-order valence-corrected chi connectivity index (χ2v) is 5.63. The van der Waals surface area contributed by atoms with Crippen LogP contribution in [0.3, 0.4) is 0 Å². The van der Waals surface area contributed by atoms with Gasteiger partial charge in [0.05, 0.1) is 6.10 Å². The molecule has 2 aliphatic rings. The highest BCUT2D eigenvalue weighted by Gasteiger charge is 2.32. The lowest BCUT2D eigenvalue weighted by molar-refractivity contribution is 0.00929. The van der Waals surface area contributed by atoms with Crippen molar-refractivity contribution in [3.63, 3.8) is 0 Å². The molecule has 2 aliphatic heterocycles. The molecule has 3 unspecified atom stereocenters. The molecule has 0 aromatic heterocycles. The first-order valence-electron chi connectivity index (χ1n) is 6.83. The smallest absolute Gasteiger partial charge is 0.0524 e. The van der Waals surface area contributed by atoms with Crippen molar-refractivity contribution in [1.82, 2.24) is 9.80 Å². The molecule has 0 aromatic rings. The lowest BCUT2D eigenvalue weighted by atomic mass is 9.97. The van der Waals surface area contributed by atoms with Gasteiger partial charge in [-0.05, 0) is 39.7 Å². The summed E-state index contributed by atoms with van der Waals surface area (Å²) in [5.74, 6) is 0. The topological polar surface area (TPSA) is 26.7 Å². The minimum Gasteiger partial charge on any atom is -0.393 e. The number of aliphatic hydroxyl groups excluding tert-OH is 1. The van der Waals surface area contributed by atoms with Crippen LogP contribution in [-0.4, -0.2) is 59.3 Å². The van der Waals surface area contributed by atoms with Crippen LogP contribution in [0.15, 0.2) is 0 Å². The summed E-state index contributed by atoms with van der Waals surface area (Å²) in [6, 6.07) is 1.45. The van der Waals surface area contributed by atoms with Gasteiger partial charge in [0.25, 0.3) is 0 Å². The van der Waals surface area contributed by atoms with Crippen molar-refractivity contribution in [3.05, 3.63) is 0 Å². The van der Waals surface area contributed by atoms with Gasteiger partial charge in [-0.2, -0.15) is 0 Å². The highest BCUT2D eigenvalue weighted by Crippen LogP contribution is 2.24. The van der Waals surface area contributed by atoms with Gasteiger partial charge in [-0.15, -0.1) is 0 Å². The van der Waals surface area contributed by atoms with Gasteiger partial charge >= 0.3 is 0 Å². The lowest BCUT2D eigenvalue weighted by Gasteiger charge is -2.47. The van der Waals surface area contributed by atoms with Gasteiger partial charge in [0.1, 0.15) is 0 Å². The zero-order valence-electron chi connectivity index (χ0n) is 10.7. The molecule has 2 rings (SSSR count). The Morgan fingerprint density at radius 1 is 1.31 bits per heavy atom. The van der Waals surface area contributed by atoms with Crippen LogP contribution >= 0.6 is 0 Å². The number of piperazine rings is 1. The van der Waals surface area contributed by atoms with Crippen LogP contribution in [0, 0.1) is 0 Å². The summed E-state index contributed by atoms with van der Waals surface area (Å²) >= 11 is 0. The molecule has 0 bridgehead atoms. The third kappa shape index (κ3) is 2.96. The molecule has 0 saturated carbocycles. The summed E-state index contributed by atoms with van der Waals surface area (Å²) in [6.45, 7) is 9.02. The van der Waals surface area contributed by atoms with Gasteiger partial charge in [0, 0.05) is 31.7 Å². The van der Waals surface area contributed by atoms with E-state index in [0.717, 1.165) is 19.0 Å². The van der Waals surface area contributed by atoms with Gasteiger partial charge in [0.2, 0.25) is 0 Å². The molecule has 0 radical (unpaired) electrons. The third-order valence-electron chi connectivity index (χ3n) is 4.15. The molecular weight excluding hydrogens is 200 g/mol. The largest absolute Gasteiger partial charge is 0.393 e. The quantitative estimate of drug-likeness (QED) is 0.786. The molecule has 2 heterocycles. The van der Waals surface area contributed by atoms with Crippen molar-refractivity contribution >= 4 is 0 Å². The van der Waals surface area contributed by atoms with Crippen LogP contribution in [0.25, 0.3) is 0 Å². The standard InChI is InChI=1S/C13H26N2O/c1-11-9-15-7-4-3-5-13(15)10-14(11)8-6-12(2)16/h11-13,16H,3-10H2,1-2H3. The number of nitrogens with zero attached hydrogens (tertiary/aromatic N) is 2. The Morgan fingerprint density at radius 3 is 2.88 bits per heavy atom. The fraction of sp³-hybridized carbons (Fsp3) is 1.00. The fourth-order valence-corrected chi connectivity index (χ4v) is 3.08. The minimum absolute atomic E-state index is 0.156. The van der Waals surface area contributed by atoms with Gasteiger partial charge in [-0.25, -0.2) is 0 Å². The number of piperidine rings is 1. The monoisotopic (exact) mass is 226 g/mol. The van der Waals surface area contributed by atoms with Crippen LogP contribution in [0.1, 0.15) is 39.5 Å². The molecule has 0 aliphatic carbocycles. The minimum atomic E-state index is -0.156. The van der Waals surface area contributed by atoms with Crippen molar-refractivity contribution in [2.75, 3.05) is 26.2 Å². The molecule has 3 nitrogen and oxygen atoms in total. The molecule has 3 atom stereocenters. The normalized spacial score (nSPS) is 34.7. The molecule has 3 heteroatoms. The van der Waals surface area contributed by atoms with Gasteiger partial charge in [-0.3, -0.25) is 9.80 Å². The lowest BCUT2D eigenvalue weighted by Crippen LogP contribution is -2.58. The Labute approximate surface area is 99.4 Å². The number of rotatable bonds is 3. The molecule has 94 valence electrons. The Kier molecular flexibility index (Phi) is 4.22. The zero-order valence-corrected chi connectivity index (χ0v) is 10.7. The van der Waals surface area contributed by atoms with Crippen molar-refractivity contribution in [3.8, 4) is 0 Å². The molecule has 0 amide bonds. The number of fused-ring (bicyclic) bond motifs is 1. The van der Waals surface area contributed by atoms with E-state index in [1.165, 1.54) is 38.9 Å². The van der Waals surface area contributed by atoms with Crippen molar-refractivity contribution in [1.29, 1.82) is 0 Å². The van der Waals surface area contributed by atoms with E-state index in [1.54, 1.807) is 0 Å². The summed E-state index contributed by atoms with van der Waals surface area (Å²) in [6.07, 6.45) is 4.92. The zero-order chi connectivity index (χ0) is 11.5. The first kappa shape index (κ1) is 12.3. The predicted molar refractivity (Wildman–Crippen MR) is 66.5 cm³/mol. The van der Waals surface area contributed by atoms with E-state index in [1.807, 2.05) is 6.92 Å². The molecule has 0 aromatic carbocycles.